The Balaban J connectivity index is 1.39. The van der Waals surface area contributed by atoms with Gasteiger partial charge in [0.2, 0.25) is 5.91 Å². The summed E-state index contributed by atoms with van der Waals surface area (Å²) in [6.45, 7) is 1.98. The quantitative estimate of drug-likeness (QED) is 0.621. The van der Waals surface area contributed by atoms with E-state index in [1.165, 1.54) is 12.1 Å². The molecule has 2 aromatic rings. The molecular weight excluding hydrogens is 346 g/mol. The predicted molar refractivity (Wildman–Crippen MR) is 101 cm³/mol. The molecule has 0 radical (unpaired) electrons. The van der Waals surface area contributed by atoms with Gasteiger partial charge >= 0.3 is 0 Å². The van der Waals surface area contributed by atoms with E-state index in [9.17, 15) is 14.9 Å². The molecule has 1 unspecified atom stereocenters. The van der Waals surface area contributed by atoms with Gasteiger partial charge in [0, 0.05) is 29.8 Å². The Morgan fingerprint density at radius 1 is 1.15 bits per heavy atom. The van der Waals surface area contributed by atoms with E-state index in [2.05, 4.69) is 10.6 Å². The van der Waals surface area contributed by atoms with Gasteiger partial charge < -0.3 is 15.4 Å². The molecule has 2 aromatic carbocycles. The van der Waals surface area contributed by atoms with E-state index in [1.54, 1.807) is 24.3 Å². The third kappa shape index (κ3) is 3.78. The molecule has 0 bridgehead atoms. The van der Waals surface area contributed by atoms with Crippen molar-refractivity contribution in [2.75, 3.05) is 18.4 Å². The van der Waals surface area contributed by atoms with Crippen LogP contribution in [-0.4, -0.2) is 23.9 Å². The van der Waals surface area contributed by atoms with E-state index in [4.69, 9.17) is 4.74 Å². The van der Waals surface area contributed by atoms with Crippen LogP contribution in [-0.2, 0) is 4.79 Å². The molecule has 1 aliphatic carbocycles. The van der Waals surface area contributed by atoms with Crippen molar-refractivity contribution in [2.45, 2.75) is 19.3 Å². The third-order valence-corrected chi connectivity index (χ3v) is 5.49. The lowest BCUT2D eigenvalue weighted by molar-refractivity contribution is -0.384. The molecule has 4 rings (SSSR count). The van der Waals surface area contributed by atoms with Gasteiger partial charge in [-0.2, -0.15) is 0 Å². The molecule has 27 heavy (non-hydrogen) atoms. The van der Waals surface area contributed by atoms with Gasteiger partial charge in [-0.15, -0.1) is 0 Å². The number of nitro benzene ring substituents is 1. The smallest absolute Gasteiger partial charge is 0.269 e. The first-order valence-corrected chi connectivity index (χ1v) is 9.10. The number of benzene rings is 2. The molecule has 7 nitrogen and oxygen atoms in total. The number of rotatable bonds is 5. The van der Waals surface area contributed by atoms with E-state index in [0.717, 1.165) is 32.4 Å². The molecule has 7 heteroatoms. The highest BCUT2D eigenvalue weighted by Crippen LogP contribution is 2.58. The Kier molecular flexibility index (Phi) is 4.53. The highest BCUT2D eigenvalue weighted by Gasteiger charge is 2.57. The molecule has 0 aromatic heterocycles. The van der Waals surface area contributed by atoms with Crippen molar-refractivity contribution >= 4 is 17.3 Å². The SMILES string of the molecule is O=C(Nc1cccc(Oc2ccc([N+](=O)[O-])cc2)c1)C1CC12CCNCC2. The van der Waals surface area contributed by atoms with Crippen LogP contribution >= 0.6 is 0 Å². The summed E-state index contributed by atoms with van der Waals surface area (Å²) in [7, 11) is 0. The zero-order valence-corrected chi connectivity index (χ0v) is 14.8. The number of non-ortho nitro benzene ring substituents is 1. The molecule has 1 atom stereocenters. The Morgan fingerprint density at radius 2 is 1.89 bits per heavy atom. The Morgan fingerprint density at radius 3 is 2.59 bits per heavy atom. The normalized spacial score (nSPS) is 20.1. The van der Waals surface area contributed by atoms with Gasteiger partial charge in [0.25, 0.3) is 5.69 Å². The average molecular weight is 367 g/mol. The molecule has 1 heterocycles. The van der Waals surface area contributed by atoms with Crippen LogP contribution in [0.15, 0.2) is 48.5 Å². The molecule has 2 fully saturated rings. The minimum Gasteiger partial charge on any atom is -0.457 e. The van der Waals surface area contributed by atoms with Crippen LogP contribution < -0.4 is 15.4 Å². The fourth-order valence-electron chi connectivity index (χ4n) is 3.83. The van der Waals surface area contributed by atoms with E-state index < -0.39 is 4.92 Å². The molecule has 1 saturated carbocycles. The molecule has 2 N–H and O–H groups in total. The Hall–Kier alpha value is -2.93. The summed E-state index contributed by atoms with van der Waals surface area (Å²) in [6.07, 6.45) is 3.10. The maximum absolute atomic E-state index is 12.6. The summed E-state index contributed by atoms with van der Waals surface area (Å²) >= 11 is 0. The number of hydrogen-bond acceptors (Lipinski definition) is 5. The molecule has 1 saturated heterocycles. The maximum Gasteiger partial charge on any atom is 0.269 e. The number of nitro groups is 1. The number of anilines is 1. The van der Waals surface area contributed by atoms with Crippen LogP contribution in [0.3, 0.4) is 0 Å². The summed E-state index contributed by atoms with van der Waals surface area (Å²) in [5, 5.41) is 17.1. The zero-order valence-electron chi connectivity index (χ0n) is 14.8. The lowest BCUT2D eigenvalue weighted by atomic mass is 9.92. The second-order valence-corrected chi connectivity index (χ2v) is 7.24. The molecule has 140 valence electrons. The minimum absolute atomic E-state index is 0.0136. The van der Waals surface area contributed by atoms with E-state index >= 15 is 0 Å². The first-order valence-electron chi connectivity index (χ1n) is 9.10. The van der Waals surface area contributed by atoms with Crippen LogP contribution in [0.2, 0.25) is 0 Å². The molecule has 1 aliphatic heterocycles. The van der Waals surface area contributed by atoms with Crippen molar-refractivity contribution in [3.63, 3.8) is 0 Å². The summed E-state index contributed by atoms with van der Waals surface area (Å²) < 4.78 is 5.74. The van der Waals surface area contributed by atoms with Crippen LogP contribution in [0.25, 0.3) is 0 Å². The largest absolute Gasteiger partial charge is 0.457 e. The number of carbonyl (C=O) groups is 1. The number of ether oxygens (including phenoxy) is 1. The number of amides is 1. The standard InChI is InChI=1S/C20H21N3O4/c24-19(18-13-20(18)8-10-21-11-9-20)22-14-2-1-3-17(12-14)27-16-6-4-15(5-7-16)23(25)26/h1-7,12,18,21H,8-11,13H2,(H,22,24). The number of hydrogen-bond donors (Lipinski definition) is 2. The molecule has 2 aliphatic rings. The van der Waals surface area contributed by atoms with Crippen molar-refractivity contribution in [3.8, 4) is 11.5 Å². The van der Waals surface area contributed by atoms with Gasteiger partial charge in [-0.1, -0.05) is 6.07 Å². The molecule has 1 amide bonds. The Labute approximate surface area is 156 Å². The summed E-state index contributed by atoms with van der Waals surface area (Å²) in [5.41, 5.74) is 0.900. The van der Waals surface area contributed by atoms with Crippen molar-refractivity contribution < 1.29 is 14.5 Å². The van der Waals surface area contributed by atoms with Gasteiger partial charge in [-0.25, -0.2) is 0 Å². The topological polar surface area (TPSA) is 93.5 Å². The van der Waals surface area contributed by atoms with Crippen LogP contribution in [0.5, 0.6) is 11.5 Å². The summed E-state index contributed by atoms with van der Waals surface area (Å²) in [6, 6.07) is 13.1. The monoisotopic (exact) mass is 367 g/mol. The zero-order chi connectivity index (χ0) is 18.9. The van der Waals surface area contributed by atoms with Gasteiger partial charge in [0.15, 0.2) is 0 Å². The van der Waals surface area contributed by atoms with Crippen LogP contribution in [0.1, 0.15) is 19.3 Å². The molecule has 1 spiro atoms. The lowest BCUT2D eigenvalue weighted by Gasteiger charge is -2.23. The second-order valence-electron chi connectivity index (χ2n) is 7.24. The Bertz CT molecular complexity index is 860. The second kappa shape index (κ2) is 7.00. The number of nitrogens with one attached hydrogen (secondary N) is 2. The first-order chi connectivity index (χ1) is 13.1. The summed E-state index contributed by atoms with van der Waals surface area (Å²) in [4.78, 5) is 22.8. The number of piperidine rings is 1. The van der Waals surface area contributed by atoms with Crippen LogP contribution in [0.4, 0.5) is 11.4 Å². The first kappa shape index (κ1) is 17.5. The predicted octanol–water partition coefficient (Wildman–Crippen LogP) is 3.72. The minimum atomic E-state index is -0.451. The number of carbonyl (C=O) groups excluding carboxylic acids is 1. The highest BCUT2D eigenvalue weighted by molar-refractivity contribution is 5.95. The van der Waals surface area contributed by atoms with E-state index in [1.807, 2.05) is 12.1 Å². The maximum atomic E-state index is 12.6. The van der Waals surface area contributed by atoms with Crippen LogP contribution in [0, 0.1) is 21.4 Å². The highest BCUT2D eigenvalue weighted by atomic mass is 16.6. The van der Waals surface area contributed by atoms with Crippen molar-refractivity contribution in [3.05, 3.63) is 58.6 Å². The summed E-state index contributed by atoms with van der Waals surface area (Å²) in [5.74, 6) is 1.23. The fourth-order valence-corrected chi connectivity index (χ4v) is 3.83. The number of nitrogens with zero attached hydrogens (tertiary/aromatic N) is 1. The lowest BCUT2D eigenvalue weighted by Crippen LogP contribution is -2.31. The van der Waals surface area contributed by atoms with Gasteiger partial charge in [-0.05, 0) is 62.0 Å². The van der Waals surface area contributed by atoms with Crippen molar-refractivity contribution in [1.82, 2.24) is 5.32 Å². The van der Waals surface area contributed by atoms with Gasteiger partial charge in [-0.3, -0.25) is 14.9 Å². The van der Waals surface area contributed by atoms with E-state index in [-0.39, 0.29) is 22.9 Å². The van der Waals surface area contributed by atoms with Gasteiger partial charge in [0.1, 0.15) is 11.5 Å². The average Bonchev–Trinajstić information content (AvgIpc) is 3.36. The fraction of sp³-hybridized carbons (Fsp3) is 0.350. The molecular formula is C20H21N3O4. The third-order valence-electron chi connectivity index (χ3n) is 5.49. The van der Waals surface area contributed by atoms with Gasteiger partial charge in [0.05, 0.1) is 4.92 Å². The van der Waals surface area contributed by atoms with Crippen molar-refractivity contribution in [2.24, 2.45) is 11.3 Å². The van der Waals surface area contributed by atoms with Crippen molar-refractivity contribution in [1.29, 1.82) is 0 Å². The van der Waals surface area contributed by atoms with E-state index in [0.29, 0.717) is 17.2 Å².